The number of hydrogen-bond acceptors (Lipinski definition) is 4. The lowest BCUT2D eigenvalue weighted by molar-refractivity contribution is -0.137. The minimum Gasteiger partial charge on any atom is -0.489 e. The lowest BCUT2D eigenvalue weighted by Crippen LogP contribution is -2.30. The maximum Gasteiger partial charge on any atom is 0.416 e. The van der Waals surface area contributed by atoms with Crippen molar-refractivity contribution >= 4 is 15.9 Å². The van der Waals surface area contributed by atoms with Crippen LogP contribution in [0.3, 0.4) is 0 Å². The highest BCUT2D eigenvalue weighted by Gasteiger charge is 2.30. The zero-order valence-electron chi connectivity index (χ0n) is 13.6. The van der Waals surface area contributed by atoms with Crippen molar-refractivity contribution in [1.29, 1.82) is 0 Å². The Labute approximate surface area is 150 Å². The van der Waals surface area contributed by atoms with E-state index in [2.05, 4.69) is 0 Å². The molecule has 0 fully saturated rings. The molecule has 0 heterocycles. The Balaban J connectivity index is 2.14. The molecule has 0 unspecified atom stereocenters. The first kappa shape index (κ1) is 20.6. The van der Waals surface area contributed by atoms with E-state index in [1.807, 2.05) is 0 Å². The van der Waals surface area contributed by atoms with Gasteiger partial charge in [0.15, 0.2) is 0 Å². The van der Waals surface area contributed by atoms with E-state index in [4.69, 9.17) is 4.74 Å². The van der Waals surface area contributed by atoms with Crippen LogP contribution in [-0.2, 0) is 22.8 Å². The Morgan fingerprint density at radius 3 is 2.19 bits per heavy atom. The van der Waals surface area contributed by atoms with Crippen LogP contribution in [0.4, 0.5) is 22.0 Å². The van der Waals surface area contributed by atoms with Crippen molar-refractivity contribution in [3.05, 3.63) is 64.7 Å². The van der Waals surface area contributed by atoms with E-state index in [-0.39, 0.29) is 11.3 Å². The first-order chi connectivity index (χ1) is 12.4. The molecule has 0 aliphatic carbocycles. The second-order valence-electron chi connectivity index (χ2n) is 5.44. The Bertz CT molecular complexity index is 956. The van der Waals surface area contributed by atoms with Gasteiger partial charge in [-0.3, -0.25) is 4.79 Å². The van der Waals surface area contributed by atoms with Crippen LogP contribution in [0.25, 0.3) is 0 Å². The predicted molar refractivity (Wildman–Crippen MR) is 84.4 cm³/mol. The van der Waals surface area contributed by atoms with Gasteiger partial charge >= 0.3 is 6.18 Å². The summed E-state index contributed by atoms with van der Waals surface area (Å²) in [4.78, 5) is 11.6. The SMILES string of the molecule is CS(=O)(=O)NC(=O)c1cc(F)c(COc2ccc(C(F)(F)F)cc2)cc1F. The maximum atomic E-state index is 14.0. The van der Waals surface area contributed by atoms with Gasteiger partial charge in [-0.2, -0.15) is 13.2 Å². The standard InChI is InChI=1S/C16H12F5NO4S/c1-27(24,25)22-15(23)12-7-13(17)9(6-14(12)18)8-26-11-4-2-10(3-5-11)16(19,20)21/h2-7H,8H2,1H3,(H,22,23). The number of amides is 1. The van der Waals surface area contributed by atoms with E-state index in [0.29, 0.717) is 18.4 Å². The average Bonchev–Trinajstić information content (AvgIpc) is 2.53. The van der Waals surface area contributed by atoms with Crippen LogP contribution in [0, 0.1) is 11.6 Å². The summed E-state index contributed by atoms with van der Waals surface area (Å²) >= 11 is 0. The fraction of sp³-hybridized carbons (Fsp3) is 0.188. The number of halogens is 5. The van der Waals surface area contributed by atoms with E-state index >= 15 is 0 Å². The van der Waals surface area contributed by atoms with Crippen LogP contribution in [0.15, 0.2) is 36.4 Å². The molecule has 146 valence electrons. The van der Waals surface area contributed by atoms with E-state index in [9.17, 15) is 35.2 Å². The van der Waals surface area contributed by atoms with Gasteiger partial charge in [0.1, 0.15) is 24.0 Å². The predicted octanol–water partition coefficient (Wildman–Crippen LogP) is 3.25. The van der Waals surface area contributed by atoms with Crippen LogP contribution in [-0.4, -0.2) is 20.6 Å². The van der Waals surface area contributed by atoms with Crippen molar-refractivity contribution in [2.24, 2.45) is 0 Å². The molecule has 5 nitrogen and oxygen atoms in total. The molecule has 0 aliphatic heterocycles. The number of rotatable bonds is 5. The van der Waals surface area contributed by atoms with Gasteiger partial charge in [-0.05, 0) is 36.4 Å². The first-order valence-electron chi connectivity index (χ1n) is 7.17. The normalized spacial score (nSPS) is 11.9. The third kappa shape index (κ3) is 5.64. The van der Waals surface area contributed by atoms with Gasteiger partial charge in [0, 0.05) is 5.56 Å². The Hall–Kier alpha value is -2.69. The number of alkyl halides is 3. The molecule has 2 aromatic carbocycles. The zero-order valence-corrected chi connectivity index (χ0v) is 14.4. The fourth-order valence-electron chi connectivity index (χ4n) is 2.00. The number of carbonyl (C=O) groups is 1. The number of benzene rings is 2. The topological polar surface area (TPSA) is 72.5 Å². The minimum atomic E-state index is -4.52. The molecule has 0 radical (unpaired) electrons. The molecule has 1 N–H and O–H groups in total. The number of nitrogens with one attached hydrogen (secondary N) is 1. The lowest BCUT2D eigenvalue weighted by atomic mass is 10.1. The van der Waals surface area contributed by atoms with Crippen LogP contribution in [0.5, 0.6) is 5.75 Å². The quantitative estimate of drug-likeness (QED) is 0.770. The molecule has 0 aliphatic rings. The Morgan fingerprint density at radius 1 is 1.07 bits per heavy atom. The average molecular weight is 409 g/mol. The molecule has 1 amide bonds. The van der Waals surface area contributed by atoms with Crippen molar-refractivity contribution in [2.75, 3.05) is 6.26 Å². The van der Waals surface area contributed by atoms with Crippen molar-refractivity contribution in [2.45, 2.75) is 12.8 Å². The number of sulfonamides is 1. The molecule has 27 heavy (non-hydrogen) atoms. The van der Waals surface area contributed by atoms with Gasteiger partial charge in [0.05, 0.1) is 17.4 Å². The molecule has 0 bridgehead atoms. The van der Waals surface area contributed by atoms with Crippen LogP contribution < -0.4 is 9.46 Å². The van der Waals surface area contributed by atoms with Gasteiger partial charge < -0.3 is 4.74 Å². The molecular weight excluding hydrogens is 397 g/mol. The number of hydrogen-bond donors (Lipinski definition) is 1. The number of carbonyl (C=O) groups excluding carboxylic acids is 1. The Morgan fingerprint density at radius 2 is 1.67 bits per heavy atom. The second-order valence-corrected chi connectivity index (χ2v) is 7.19. The summed E-state index contributed by atoms with van der Waals surface area (Å²) in [6, 6.07) is 4.71. The van der Waals surface area contributed by atoms with E-state index < -0.39 is 51.5 Å². The van der Waals surface area contributed by atoms with Gasteiger partial charge in [0.25, 0.3) is 5.91 Å². The monoisotopic (exact) mass is 409 g/mol. The zero-order chi connectivity index (χ0) is 20.4. The van der Waals surface area contributed by atoms with Crippen molar-refractivity contribution in [1.82, 2.24) is 4.72 Å². The van der Waals surface area contributed by atoms with Gasteiger partial charge in [-0.15, -0.1) is 0 Å². The van der Waals surface area contributed by atoms with Gasteiger partial charge in [0.2, 0.25) is 10.0 Å². The van der Waals surface area contributed by atoms with Crippen LogP contribution >= 0.6 is 0 Å². The minimum absolute atomic E-state index is 0.0123. The molecule has 2 rings (SSSR count). The van der Waals surface area contributed by atoms with Crippen molar-refractivity contribution in [3.63, 3.8) is 0 Å². The summed E-state index contributed by atoms with van der Waals surface area (Å²) in [6.07, 6.45) is -3.85. The highest BCUT2D eigenvalue weighted by Crippen LogP contribution is 2.30. The highest BCUT2D eigenvalue weighted by atomic mass is 32.2. The summed E-state index contributed by atoms with van der Waals surface area (Å²) in [6.45, 7) is -0.526. The highest BCUT2D eigenvalue weighted by molar-refractivity contribution is 7.89. The van der Waals surface area contributed by atoms with Crippen molar-refractivity contribution < 1.29 is 39.9 Å². The summed E-state index contributed by atoms with van der Waals surface area (Å²) < 4.78 is 94.0. The van der Waals surface area contributed by atoms with Crippen molar-refractivity contribution in [3.8, 4) is 5.75 Å². The van der Waals surface area contributed by atoms with Gasteiger partial charge in [-0.25, -0.2) is 21.9 Å². The molecular formula is C16H12F5NO4S. The molecule has 2 aromatic rings. The first-order valence-corrected chi connectivity index (χ1v) is 9.06. The van der Waals surface area contributed by atoms with Crippen LogP contribution in [0.1, 0.15) is 21.5 Å². The van der Waals surface area contributed by atoms with E-state index in [1.165, 1.54) is 4.72 Å². The molecule has 11 heteroatoms. The molecule has 0 saturated heterocycles. The second kappa shape index (κ2) is 7.51. The van der Waals surface area contributed by atoms with Gasteiger partial charge in [-0.1, -0.05) is 0 Å². The molecule has 0 spiro atoms. The van der Waals surface area contributed by atoms with E-state index in [1.54, 1.807) is 0 Å². The Kier molecular flexibility index (Phi) is 5.73. The third-order valence-corrected chi connectivity index (χ3v) is 3.79. The van der Waals surface area contributed by atoms with Crippen LogP contribution in [0.2, 0.25) is 0 Å². The molecule has 0 atom stereocenters. The molecule has 0 saturated carbocycles. The summed E-state index contributed by atoms with van der Waals surface area (Å²) in [5.41, 5.74) is -2.03. The van der Waals surface area contributed by atoms with E-state index in [0.717, 1.165) is 24.3 Å². The lowest BCUT2D eigenvalue weighted by Gasteiger charge is -2.11. The number of ether oxygens (including phenoxy) is 1. The molecule has 0 aromatic heterocycles. The maximum absolute atomic E-state index is 14.0. The summed E-state index contributed by atoms with van der Waals surface area (Å²) in [7, 11) is -3.97. The largest absolute Gasteiger partial charge is 0.489 e. The summed E-state index contributed by atoms with van der Waals surface area (Å²) in [5, 5.41) is 0. The third-order valence-electron chi connectivity index (χ3n) is 3.23. The summed E-state index contributed by atoms with van der Waals surface area (Å²) in [5.74, 6) is -3.60. The fourth-order valence-corrected chi connectivity index (χ4v) is 2.44. The smallest absolute Gasteiger partial charge is 0.416 e.